The number of aromatic nitrogens is 1. The Balaban J connectivity index is 1.32. The van der Waals surface area contributed by atoms with Crippen molar-refractivity contribution in [2.24, 2.45) is 5.92 Å². The fraction of sp³-hybridized carbons (Fsp3) is 0.655. The summed E-state index contributed by atoms with van der Waals surface area (Å²) < 4.78 is 11.6. The average Bonchev–Trinajstić information content (AvgIpc) is 3.29. The van der Waals surface area contributed by atoms with Gasteiger partial charge in [-0.2, -0.15) is 0 Å². The van der Waals surface area contributed by atoms with Crippen molar-refractivity contribution in [3.8, 4) is 0 Å². The summed E-state index contributed by atoms with van der Waals surface area (Å²) >= 11 is 0. The maximum absolute atomic E-state index is 12.8. The Hall–Kier alpha value is -2.22. The summed E-state index contributed by atoms with van der Waals surface area (Å²) in [6.45, 7) is 4.62. The smallest absolute Gasteiger partial charge is 0.244 e. The first kappa shape index (κ1) is 26.8. The predicted molar refractivity (Wildman–Crippen MR) is 139 cm³/mol. The fourth-order valence-electron chi connectivity index (χ4n) is 5.41. The van der Waals surface area contributed by atoms with Gasteiger partial charge in [-0.3, -0.25) is 9.63 Å². The lowest BCUT2D eigenvalue weighted by Gasteiger charge is -2.22. The lowest BCUT2D eigenvalue weighted by molar-refractivity contribution is -0.135. The number of aryl methyl sites for hydroxylation is 1. The Labute approximate surface area is 215 Å². The number of hydroxylamine groups is 1. The second-order valence-electron chi connectivity index (χ2n) is 10.5. The van der Waals surface area contributed by atoms with Crippen molar-refractivity contribution in [3.05, 3.63) is 53.2 Å². The van der Waals surface area contributed by atoms with Crippen molar-refractivity contribution in [3.63, 3.8) is 0 Å². The van der Waals surface area contributed by atoms with Crippen LogP contribution < -0.4 is 10.8 Å². The molecule has 1 amide bonds. The molecule has 0 bridgehead atoms. The number of nitrogens with zero attached hydrogens (tertiary/aromatic N) is 1. The minimum Gasteiger partial charge on any atom is -0.445 e. The molecule has 0 radical (unpaired) electrons. The SMILES string of the molecule is Cc1oc([C@H](CCCC2CCCCC2)CC(=O)NOCc2ccccc2)nc1CNC1CCOCC1. The van der Waals surface area contributed by atoms with E-state index in [4.69, 9.17) is 19.0 Å². The largest absolute Gasteiger partial charge is 0.445 e. The zero-order valence-electron chi connectivity index (χ0n) is 21.8. The van der Waals surface area contributed by atoms with Gasteiger partial charge in [-0.05, 0) is 37.7 Å². The quantitative estimate of drug-likeness (QED) is 0.344. The van der Waals surface area contributed by atoms with Crippen LogP contribution in [-0.4, -0.2) is 30.1 Å². The van der Waals surface area contributed by atoms with Crippen LogP contribution in [0.5, 0.6) is 0 Å². The molecular formula is C29H43N3O4. The third-order valence-electron chi connectivity index (χ3n) is 7.63. The number of carbonyl (C=O) groups excluding carboxylic acids is 1. The molecule has 36 heavy (non-hydrogen) atoms. The number of carbonyl (C=O) groups is 1. The van der Waals surface area contributed by atoms with Gasteiger partial charge < -0.3 is 14.5 Å². The standard InChI is InChI=1S/C29H43N3O4/c1-22-27(20-30-26-15-17-34-18-16-26)31-29(36-22)25(14-8-13-23-9-4-2-5-10-23)19-28(33)32-35-21-24-11-6-3-7-12-24/h3,6-7,11-12,23,25-26,30H,2,4-5,8-10,13-21H2,1H3,(H,32,33)/t25-/m1/s1. The van der Waals surface area contributed by atoms with Gasteiger partial charge in [-0.25, -0.2) is 10.5 Å². The highest BCUT2D eigenvalue weighted by Crippen LogP contribution is 2.32. The van der Waals surface area contributed by atoms with Crippen LogP contribution in [0.2, 0.25) is 0 Å². The number of benzene rings is 1. The predicted octanol–water partition coefficient (Wildman–Crippen LogP) is 5.72. The lowest BCUT2D eigenvalue weighted by Crippen LogP contribution is -2.34. The Morgan fingerprint density at radius 2 is 1.89 bits per heavy atom. The van der Waals surface area contributed by atoms with Gasteiger partial charge in [0.05, 0.1) is 12.3 Å². The first-order chi connectivity index (χ1) is 17.7. The van der Waals surface area contributed by atoms with E-state index in [1.165, 1.54) is 38.5 Å². The zero-order valence-corrected chi connectivity index (χ0v) is 21.8. The molecule has 2 heterocycles. The van der Waals surface area contributed by atoms with E-state index in [0.29, 0.717) is 31.5 Å². The number of nitrogens with one attached hydrogen (secondary N) is 2. The third kappa shape index (κ3) is 8.71. The Morgan fingerprint density at radius 1 is 1.11 bits per heavy atom. The summed E-state index contributed by atoms with van der Waals surface area (Å²) in [5.41, 5.74) is 4.59. The van der Waals surface area contributed by atoms with E-state index in [2.05, 4.69) is 10.8 Å². The normalized spacial score (nSPS) is 18.2. The monoisotopic (exact) mass is 497 g/mol. The summed E-state index contributed by atoms with van der Waals surface area (Å²) in [4.78, 5) is 23.1. The highest BCUT2D eigenvalue weighted by Gasteiger charge is 2.24. The van der Waals surface area contributed by atoms with E-state index >= 15 is 0 Å². The summed E-state index contributed by atoms with van der Waals surface area (Å²) in [6, 6.07) is 10.3. The van der Waals surface area contributed by atoms with E-state index in [0.717, 1.165) is 61.8 Å². The van der Waals surface area contributed by atoms with Gasteiger partial charge in [0.1, 0.15) is 5.76 Å². The summed E-state index contributed by atoms with van der Waals surface area (Å²) in [5.74, 6) is 2.16. The Morgan fingerprint density at radius 3 is 2.67 bits per heavy atom. The Kier molecular flexibility index (Phi) is 10.8. The van der Waals surface area contributed by atoms with Crippen molar-refractivity contribution in [1.82, 2.24) is 15.8 Å². The van der Waals surface area contributed by atoms with E-state index in [9.17, 15) is 4.79 Å². The molecule has 4 rings (SSSR count). The molecule has 1 aliphatic carbocycles. The van der Waals surface area contributed by atoms with Crippen LogP contribution in [0.4, 0.5) is 0 Å². The summed E-state index contributed by atoms with van der Waals surface area (Å²) in [5, 5.41) is 3.60. The van der Waals surface area contributed by atoms with Gasteiger partial charge in [0.25, 0.3) is 0 Å². The number of amides is 1. The molecule has 7 heteroatoms. The van der Waals surface area contributed by atoms with Gasteiger partial charge in [0.15, 0.2) is 5.89 Å². The lowest BCUT2D eigenvalue weighted by atomic mass is 9.84. The van der Waals surface area contributed by atoms with Gasteiger partial charge in [-0.15, -0.1) is 0 Å². The van der Waals surface area contributed by atoms with Gasteiger partial charge >= 0.3 is 0 Å². The van der Waals surface area contributed by atoms with Gasteiger partial charge in [0, 0.05) is 38.1 Å². The molecular weight excluding hydrogens is 454 g/mol. The molecule has 0 unspecified atom stereocenters. The molecule has 198 valence electrons. The first-order valence-electron chi connectivity index (χ1n) is 13.9. The molecule has 1 aromatic carbocycles. The molecule has 2 fully saturated rings. The molecule has 1 saturated carbocycles. The molecule has 1 aromatic heterocycles. The van der Waals surface area contributed by atoms with Crippen LogP contribution in [0.25, 0.3) is 0 Å². The molecule has 2 aliphatic rings. The van der Waals surface area contributed by atoms with Crippen LogP contribution in [0.3, 0.4) is 0 Å². The number of hydrogen-bond acceptors (Lipinski definition) is 6. The van der Waals surface area contributed by atoms with Gasteiger partial charge in [-0.1, -0.05) is 75.3 Å². The number of hydrogen-bond donors (Lipinski definition) is 2. The molecule has 1 atom stereocenters. The van der Waals surface area contributed by atoms with Crippen LogP contribution in [0.1, 0.15) is 99.5 Å². The van der Waals surface area contributed by atoms with Crippen LogP contribution in [0.15, 0.2) is 34.7 Å². The van der Waals surface area contributed by atoms with Crippen molar-refractivity contribution < 1.29 is 18.8 Å². The number of rotatable bonds is 13. The fourth-order valence-corrected chi connectivity index (χ4v) is 5.41. The van der Waals surface area contributed by atoms with Crippen LogP contribution in [0, 0.1) is 12.8 Å². The molecule has 1 saturated heterocycles. The van der Waals surface area contributed by atoms with Gasteiger partial charge in [0.2, 0.25) is 5.91 Å². The maximum Gasteiger partial charge on any atom is 0.244 e. The highest BCUT2D eigenvalue weighted by atomic mass is 16.6. The van der Waals surface area contributed by atoms with Crippen molar-refractivity contribution in [1.29, 1.82) is 0 Å². The molecule has 7 nitrogen and oxygen atoms in total. The van der Waals surface area contributed by atoms with E-state index in [1.807, 2.05) is 37.3 Å². The molecule has 2 N–H and O–H groups in total. The molecule has 0 spiro atoms. The van der Waals surface area contributed by atoms with Crippen molar-refractivity contribution in [2.45, 2.75) is 103 Å². The first-order valence-corrected chi connectivity index (χ1v) is 13.9. The second kappa shape index (κ2) is 14.5. The second-order valence-corrected chi connectivity index (χ2v) is 10.5. The maximum atomic E-state index is 12.8. The number of oxazole rings is 1. The number of ether oxygens (including phenoxy) is 1. The van der Waals surface area contributed by atoms with E-state index < -0.39 is 0 Å². The third-order valence-corrected chi connectivity index (χ3v) is 7.63. The average molecular weight is 498 g/mol. The highest BCUT2D eigenvalue weighted by molar-refractivity contribution is 5.75. The summed E-state index contributed by atoms with van der Waals surface area (Å²) in [7, 11) is 0. The molecule has 2 aromatic rings. The Bertz CT molecular complexity index is 904. The van der Waals surface area contributed by atoms with E-state index in [1.54, 1.807) is 0 Å². The topological polar surface area (TPSA) is 85.6 Å². The minimum atomic E-state index is -0.133. The summed E-state index contributed by atoms with van der Waals surface area (Å²) in [6.07, 6.45) is 12.4. The zero-order chi connectivity index (χ0) is 25.0. The molecule has 1 aliphatic heterocycles. The minimum absolute atomic E-state index is 0.0514. The van der Waals surface area contributed by atoms with Crippen molar-refractivity contribution >= 4 is 5.91 Å². The van der Waals surface area contributed by atoms with Crippen molar-refractivity contribution in [2.75, 3.05) is 13.2 Å². The van der Waals surface area contributed by atoms with Crippen LogP contribution in [-0.2, 0) is 27.5 Å². The van der Waals surface area contributed by atoms with Crippen LogP contribution >= 0.6 is 0 Å². The van der Waals surface area contributed by atoms with E-state index in [-0.39, 0.29) is 11.8 Å².